The fourth-order valence-electron chi connectivity index (χ4n) is 2.60. The summed E-state index contributed by atoms with van der Waals surface area (Å²) in [6.07, 6.45) is 2.29. The number of amides is 1. The molecular formula is C17H19N5O2. The molecule has 7 nitrogen and oxygen atoms in total. The number of pyridine rings is 1. The zero-order valence-corrected chi connectivity index (χ0v) is 13.8. The van der Waals surface area contributed by atoms with Crippen LogP contribution in [0, 0.1) is 5.92 Å². The van der Waals surface area contributed by atoms with Gasteiger partial charge >= 0.3 is 0 Å². The molecule has 0 spiro atoms. The summed E-state index contributed by atoms with van der Waals surface area (Å²) < 4.78 is 1.40. The van der Waals surface area contributed by atoms with Gasteiger partial charge in [0.25, 0.3) is 11.5 Å². The molecule has 0 fully saturated rings. The minimum atomic E-state index is -0.350. The van der Waals surface area contributed by atoms with E-state index in [2.05, 4.69) is 34.3 Å². The van der Waals surface area contributed by atoms with Gasteiger partial charge in [-0.05, 0) is 12.0 Å². The Hall–Kier alpha value is -2.96. The van der Waals surface area contributed by atoms with Gasteiger partial charge in [-0.15, -0.1) is 5.10 Å². The molecule has 0 bridgehead atoms. The Labute approximate surface area is 138 Å². The van der Waals surface area contributed by atoms with Gasteiger partial charge in [-0.1, -0.05) is 32.0 Å². The van der Waals surface area contributed by atoms with Crippen molar-refractivity contribution in [2.24, 2.45) is 13.0 Å². The summed E-state index contributed by atoms with van der Waals surface area (Å²) in [4.78, 5) is 29.0. The second-order valence-corrected chi connectivity index (χ2v) is 6.16. The van der Waals surface area contributed by atoms with Crippen molar-refractivity contribution in [1.29, 1.82) is 0 Å². The molecule has 0 saturated heterocycles. The van der Waals surface area contributed by atoms with Crippen LogP contribution in [0.25, 0.3) is 10.8 Å². The largest absolute Gasteiger partial charge is 0.317 e. The lowest BCUT2D eigenvalue weighted by Gasteiger charge is -2.08. The van der Waals surface area contributed by atoms with Crippen LogP contribution in [-0.2, 0) is 13.5 Å². The Morgan fingerprint density at radius 2 is 2.00 bits per heavy atom. The van der Waals surface area contributed by atoms with Crippen LogP contribution in [-0.4, -0.2) is 25.7 Å². The first-order valence-corrected chi connectivity index (χ1v) is 7.76. The first kappa shape index (κ1) is 15.9. The molecule has 2 N–H and O–H groups in total. The number of nitrogens with zero attached hydrogens (tertiary/aromatic N) is 3. The van der Waals surface area contributed by atoms with Gasteiger partial charge in [-0.2, -0.15) is 4.98 Å². The quantitative estimate of drug-likeness (QED) is 0.768. The third-order valence-corrected chi connectivity index (χ3v) is 3.69. The van der Waals surface area contributed by atoms with E-state index in [1.807, 2.05) is 0 Å². The zero-order chi connectivity index (χ0) is 17.3. The number of rotatable bonds is 4. The predicted octanol–water partition coefficient (Wildman–Crippen LogP) is 2.11. The number of hydrogen-bond donors (Lipinski definition) is 2. The highest BCUT2D eigenvalue weighted by atomic mass is 16.2. The Morgan fingerprint density at radius 1 is 1.29 bits per heavy atom. The normalized spacial score (nSPS) is 11.2. The third-order valence-electron chi connectivity index (χ3n) is 3.69. The summed E-state index contributed by atoms with van der Waals surface area (Å²) >= 11 is 0. The van der Waals surface area contributed by atoms with E-state index in [1.54, 1.807) is 31.3 Å². The molecule has 1 aromatic carbocycles. The van der Waals surface area contributed by atoms with Gasteiger partial charge in [-0.3, -0.25) is 20.0 Å². The SMILES string of the molecule is CC(C)Cc1nc(NC(=O)c2cn(C)c(=O)c3ccccc23)n[nH]1. The number of aromatic nitrogens is 4. The lowest BCUT2D eigenvalue weighted by Crippen LogP contribution is -2.21. The van der Waals surface area contributed by atoms with E-state index in [0.29, 0.717) is 22.3 Å². The number of aromatic amines is 1. The average Bonchev–Trinajstić information content (AvgIpc) is 2.97. The number of hydrogen-bond acceptors (Lipinski definition) is 4. The van der Waals surface area contributed by atoms with Crippen LogP contribution in [0.2, 0.25) is 0 Å². The Kier molecular flexibility index (Phi) is 4.16. The summed E-state index contributed by atoms with van der Waals surface area (Å²) in [6.45, 7) is 4.16. The fraction of sp³-hybridized carbons (Fsp3) is 0.294. The number of nitrogens with one attached hydrogen (secondary N) is 2. The van der Waals surface area contributed by atoms with Gasteiger partial charge in [-0.25, -0.2) is 0 Å². The van der Waals surface area contributed by atoms with Gasteiger partial charge in [0.15, 0.2) is 0 Å². The molecule has 3 rings (SSSR count). The topological polar surface area (TPSA) is 92.7 Å². The molecule has 0 aliphatic rings. The van der Waals surface area contributed by atoms with Gasteiger partial charge in [0.05, 0.1) is 5.56 Å². The minimum absolute atomic E-state index is 0.140. The maximum atomic E-state index is 12.6. The lowest BCUT2D eigenvalue weighted by atomic mass is 10.1. The molecular weight excluding hydrogens is 306 g/mol. The molecule has 2 heterocycles. The average molecular weight is 325 g/mol. The second kappa shape index (κ2) is 6.27. The first-order chi connectivity index (χ1) is 11.5. The molecule has 0 aliphatic heterocycles. The van der Waals surface area contributed by atoms with Crippen molar-refractivity contribution in [2.75, 3.05) is 5.32 Å². The standard InChI is InChI=1S/C17H19N5O2/c1-10(2)8-14-18-17(21-20-14)19-15(23)13-9-22(3)16(24)12-7-5-4-6-11(12)13/h4-7,9-10H,8H2,1-3H3,(H2,18,19,20,21,23). The van der Waals surface area contributed by atoms with Crippen LogP contribution >= 0.6 is 0 Å². The first-order valence-electron chi connectivity index (χ1n) is 7.76. The number of H-pyrrole nitrogens is 1. The number of anilines is 1. The third kappa shape index (κ3) is 3.05. The van der Waals surface area contributed by atoms with Gasteiger partial charge < -0.3 is 4.57 Å². The van der Waals surface area contributed by atoms with Crippen LogP contribution in [0.15, 0.2) is 35.3 Å². The van der Waals surface area contributed by atoms with Crippen molar-refractivity contribution < 1.29 is 4.79 Å². The summed E-state index contributed by atoms with van der Waals surface area (Å²) in [7, 11) is 1.62. The molecule has 124 valence electrons. The summed E-state index contributed by atoms with van der Waals surface area (Å²) in [5.41, 5.74) is 0.266. The summed E-state index contributed by atoms with van der Waals surface area (Å²) in [5.74, 6) is 1.05. The zero-order valence-electron chi connectivity index (χ0n) is 13.8. The van der Waals surface area contributed by atoms with Crippen molar-refractivity contribution in [3.05, 3.63) is 52.2 Å². The maximum absolute atomic E-state index is 12.6. The Morgan fingerprint density at radius 3 is 2.71 bits per heavy atom. The number of carbonyl (C=O) groups is 1. The summed E-state index contributed by atoms with van der Waals surface area (Å²) in [6, 6.07) is 7.04. The number of carbonyl (C=O) groups excluding carboxylic acids is 1. The molecule has 2 aromatic heterocycles. The van der Waals surface area contributed by atoms with Crippen LogP contribution in [0.4, 0.5) is 5.95 Å². The maximum Gasteiger partial charge on any atom is 0.260 e. The molecule has 1 amide bonds. The van der Waals surface area contributed by atoms with Crippen molar-refractivity contribution in [3.8, 4) is 0 Å². The Balaban J connectivity index is 1.93. The Bertz CT molecular complexity index is 955. The van der Waals surface area contributed by atoms with Crippen molar-refractivity contribution in [2.45, 2.75) is 20.3 Å². The molecule has 0 radical (unpaired) electrons. The van der Waals surface area contributed by atoms with E-state index in [1.165, 1.54) is 10.8 Å². The molecule has 24 heavy (non-hydrogen) atoms. The van der Waals surface area contributed by atoms with E-state index in [9.17, 15) is 9.59 Å². The van der Waals surface area contributed by atoms with Crippen molar-refractivity contribution >= 4 is 22.6 Å². The van der Waals surface area contributed by atoms with Crippen LogP contribution < -0.4 is 10.9 Å². The second-order valence-electron chi connectivity index (χ2n) is 6.16. The van der Waals surface area contributed by atoms with E-state index >= 15 is 0 Å². The molecule has 0 saturated carbocycles. The number of fused-ring (bicyclic) bond motifs is 1. The molecule has 0 unspecified atom stereocenters. The van der Waals surface area contributed by atoms with Crippen LogP contribution in [0.1, 0.15) is 30.0 Å². The smallest absolute Gasteiger partial charge is 0.260 e. The highest BCUT2D eigenvalue weighted by Crippen LogP contribution is 2.16. The van der Waals surface area contributed by atoms with Crippen LogP contribution in [0.5, 0.6) is 0 Å². The van der Waals surface area contributed by atoms with E-state index in [0.717, 1.165) is 12.2 Å². The number of benzene rings is 1. The number of aryl methyl sites for hydroxylation is 1. The predicted molar refractivity (Wildman–Crippen MR) is 92.1 cm³/mol. The van der Waals surface area contributed by atoms with E-state index in [-0.39, 0.29) is 17.4 Å². The van der Waals surface area contributed by atoms with Gasteiger partial charge in [0.1, 0.15) is 5.82 Å². The van der Waals surface area contributed by atoms with Crippen LogP contribution in [0.3, 0.4) is 0 Å². The molecule has 7 heteroatoms. The molecule has 0 aliphatic carbocycles. The van der Waals surface area contributed by atoms with E-state index < -0.39 is 0 Å². The monoisotopic (exact) mass is 325 g/mol. The van der Waals surface area contributed by atoms with Gasteiger partial charge in [0, 0.05) is 30.4 Å². The van der Waals surface area contributed by atoms with E-state index in [4.69, 9.17) is 0 Å². The lowest BCUT2D eigenvalue weighted by molar-refractivity contribution is 0.102. The highest BCUT2D eigenvalue weighted by molar-refractivity contribution is 6.12. The van der Waals surface area contributed by atoms with Gasteiger partial charge in [0.2, 0.25) is 5.95 Å². The summed E-state index contributed by atoms with van der Waals surface area (Å²) in [5, 5.41) is 10.6. The molecule has 0 atom stereocenters. The molecule has 3 aromatic rings. The highest BCUT2D eigenvalue weighted by Gasteiger charge is 2.15. The van der Waals surface area contributed by atoms with Crippen molar-refractivity contribution in [3.63, 3.8) is 0 Å². The fourth-order valence-corrected chi connectivity index (χ4v) is 2.60. The van der Waals surface area contributed by atoms with Crippen molar-refractivity contribution in [1.82, 2.24) is 19.7 Å². The minimum Gasteiger partial charge on any atom is -0.317 e.